The van der Waals surface area contributed by atoms with Gasteiger partial charge in [-0.3, -0.25) is 24.5 Å². The fourth-order valence-electron chi connectivity index (χ4n) is 5.29. The van der Waals surface area contributed by atoms with Crippen LogP contribution in [-0.4, -0.2) is 55.4 Å². The Morgan fingerprint density at radius 1 is 1.03 bits per heavy atom. The van der Waals surface area contributed by atoms with E-state index < -0.39 is 0 Å². The molecule has 2 N–H and O–H groups in total. The van der Waals surface area contributed by atoms with Crippen LogP contribution in [0.5, 0.6) is 0 Å². The number of aryl methyl sites for hydroxylation is 1. The lowest BCUT2D eigenvalue weighted by molar-refractivity contribution is -0.130. The van der Waals surface area contributed by atoms with Crippen molar-refractivity contribution in [3.8, 4) is 11.1 Å². The number of anilines is 2. The van der Waals surface area contributed by atoms with Gasteiger partial charge in [-0.25, -0.2) is 0 Å². The zero-order valence-corrected chi connectivity index (χ0v) is 21.9. The second-order valence-corrected chi connectivity index (χ2v) is 9.97. The third-order valence-corrected chi connectivity index (χ3v) is 7.32. The molecule has 1 atom stereocenters. The molecule has 1 unspecified atom stereocenters. The van der Waals surface area contributed by atoms with E-state index in [-0.39, 0.29) is 17.9 Å². The first-order valence-electron chi connectivity index (χ1n) is 13.0. The molecule has 39 heavy (non-hydrogen) atoms. The zero-order valence-electron chi connectivity index (χ0n) is 21.9. The molecule has 0 bridgehead atoms. The highest BCUT2D eigenvalue weighted by Gasteiger charge is 2.24. The summed E-state index contributed by atoms with van der Waals surface area (Å²) in [6, 6.07) is 14.0. The molecule has 5 aromatic rings. The number of nitrogens with zero attached hydrogens (tertiary/aromatic N) is 5. The lowest BCUT2D eigenvalue weighted by atomic mass is 10.0. The summed E-state index contributed by atoms with van der Waals surface area (Å²) in [7, 11) is 2.03. The number of hydrogen-bond acceptors (Lipinski definition) is 6. The van der Waals surface area contributed by atoms with E-state index in [1.165, 1.54) is 5.39 Å². The summed E-state index contributed by atoms with van der Waals surface area (Å²) in [5.41, 5.74) is 6.46. The quantitative estimate of drug-likeness (QED) is 0.350. The van der Waals surface area contributed by atoms with Crippen LogP contribution in [0.2, 0.25) is 0 Å². The molecule has 1 fully saturated rings. The van der Waals surface area contributed by atoms with Gasteiger partial charge in [0.1, 0.15) is 0 Å². The van der Waals surface area contributed by atoms with Gasteiger partial charge in [0.2, 0.25) is 5.91 Å². The van der Waals surface area contributed by atoms with Crippen molar-refractivity contribution >= 4 is 45.1 Å². The van der Waals surface area contributed by atoms with Gasteiger partial charge in [0.15, 0.2) is 0 Å². The second kappa shape index (κ2) is 10.2. The van der Waals surface area contributed by atoms with E-state index >= 15 is 0 Å². The number of carbonyl (C=O) groups is 2. The Labute approximate surface area is 225 Å². The molecule has 3 aromatic heterocycles. The number of rotatable bonds is 5. The molecule has 0 radical (unpaired) electrons. The minimum Gasteiger partial charge on any atom is -0.354 e. The van der Waals surface area contributed by atoms with Crippen LogP contribution in [0.15, 0.2) is 73.4 Å². The largest absolute Gasteiger partial charge is 0.354 e. The monoisotopic (exact) mass is 519 g/mol. The summed E-state index contributed by atoms with van der Waals surface area (Å²) >= 11 is 0. The SMILES string of the molecule is CC(=O)N1CCCC(NC(=O)c2ccncc2Nc2cc(-c3ccc4ccn(C)c4c3)c3nccnc3c2)C1. The molecule has 0 spiro atoms. The van der Waals surface area contributed by atoms with Gasteiger partial charge in [-0.05, 0) is 54.1 Å². The average molecular weight is 520 g/mol. The van der Waals surface area contributed by atoms with Crippen molar-refractivity contribution in [3.05, 3.63) is 79.0 Å². The Morgan fingerprint density at radius 2 is 1.90 bits per heavy atom. The molecule has 4 heterocycles. The summed E-state index contributed by atoms with van der Waals surface area (Å²) in [6.07, 6.45) is 10.4. The number of amides is 2. The highest BCUT2D eigenvalue weighted by atomic mass is 16.2. The smallest absolute Gasteiger partial charge is 0.253 e. The molecular weight excluding hydrogens is 490 g/mol. The van der Waals surface area contributed by atoms with Gasteiger partial charge in [0.25, 0.3) is 5.91 Å². The maximum atomic E-state index is 13.3. The van der Waals surface area contributed by atoms with Crippen LogP contribution in [-0.2, 0) is 11.8 Å². The van der Waals surface area contributed by atoms with Crippen LogP contribution in [0.25, 0.3) is 33.1 Å². The molecule has 2 amide bonds. The number of likely N-dealkylation sites (tertiary alicyclic amines) is 1. The Bertz CT molecular complexity index is 1710. The first kappa shape index (κ1) is 24.5. The lowest BCUT2D eigenvalue weighted by Gasteiger charge is -2.32. The number of piperidine rings is 1. The van der Waals surface area contributed by atoms with Gasteiger partial charge in [-0.1, -0.05) is 12.1 Å². The van der Waals surface area contributed by atoms with Gasteiger partial charge in [-0.15, -0.1) is 0 Å². The molecule has 196 valence electrons. The van der Waals surface area contributed by atoms with E-state index in [9.17, 15) is 9.59 Å². The van der Waals surface area contributed by atoms with Gasteiger partial charge in [0.05, 0.1) is 28.5 Å². The Balaban J connectivity index is 1.33. The van der Waals surface area contributed by atoms with Crippen LogP contribution < -0.4 is 10.6 Å². The second-order valence-electron chi connectivity index (χ2n) is 9.97. The Kier molecular flexibility index (Phi) is 6.40. The third kappa shape index (κ3) is 4.90. The van der Waals surface area contributed by atoms with Crippen LogP contribution in [0.3, 0.4) is 0 Å². The van der Waals surface area contributed by atoms with Crippen LogP contribution in [0, 0.1) is 0 Å². The van der Waals surface area contributed by atoms with Gasteiger partial charge < -0.3 is 20.1 Å². The number of benzene rings is 2. The first-order valence-corrected chi connectivity index (χ1v) is 13.0. The first-order chi connectivity index (χ1) is 19.0. The lowest BCUT2D eigenvalue weighted by Crippen LogP contribution is -2.49. The van der Waals surface area contributed by atoms with Gasteiger partial charge in [-0.2, -0.15) is 0 Å². The summed E-state index contributed by atoms with van der Waals surface area (Å²) < 4.78 is 2.09. The van der Waals surface area contributed by atoms with Crippen molar-refractivity contribution in [2.45, 2.75) is 25.8 Å². The number of hydrogen-bond donors (Lipinski definition) is 2. The molecule has 0 aliphatic carbocycles. The maximum Gasteiger partial charge on any atom is 0.253 e. The minimum absolute atomic E-state index is 0.0294. The molecule has 1 aliphatic rings. The third-order valence-electron chi connectivity index (χ3n) is 7.32. The molecular formula is C30H29N7O2. The van der Waals surface area contributed by atoms with E-state index in [4.69, 9.17) is 0 Å². The average Bonchev–Trinajstić information content (AvgIpc) is 3.32. The van der Waals surface area contributed by atoms with Crippen molar-refractivity contribution in [1.29, 1.82) is 0 Å². The van der Waals surface area contributed by atoms with Gasteiger partial charge >= 0.3 is 0 Å². The molecule has 0 saturated carbocycles. The number of carbonyl (C=O) groups excluding carboxylic acids is 2. The van der Waals surface area contributed by atoms with E-state index in [1.54, 1.807) is 42.7 Å². The summed E-state index contributed by atoms with van der Waals surface area (Å²) in [4.78, 5) is 40.4. The van der Waals surface area contributed by atoms with Crippen molar-refractivity contribution in [2.75, 3.05) is 18.4 Å². The van der Waals surface area contributed by atoms with Crippen molar-refractivity contribution in [1.82, 2.24) is 29.7 Å². The minimum atomic E-state index is -0.203. The topological polar surface area (TPSA) is 105 Å². The number of fused-ring (bicyclic) bond motifs is 2. The standard InChI is InChI=1S/C30H29N7O2/c1-19(38)37-12-3-4-22(18-37)35-30(39)24-7-9-31-17-27(24)34-23-15-25(29-26(16-23)32-10-11-33-29)21-6-5-20-8-13-36(2)28(20)14-21/h5-11,13-17,22,34H,3-4,12,18H2,1-2H3,(H,35,39). The van der Waals surface area contributed by atoms with E-state index in [0.29, 0.717) is 17.8 Å². The fourth-order valence-corrected chi connectivity index (χ4v) is 5.29. The van der Waals surface area contributed by atoms with Crippen LogP contribution in [0.1, 0.15) is 30.1 Å². The number of nitrogens with one attached hydrogen (secondary N) is 2. The van der Waals surface area contributed by atoms with Crippen molar-refractivity contribution in [2.24, 2.45) is 7.05 Å². The Hall–Kier alpha value is -4.79. The van der Waals surface area contributed by atoms with Crippen molar-refractivity contribution < 1.29 is 9.59 Å². The predicted octanol–water partition coefficient (Wildman–Crippen LogP) is 4.67. The number of aromatic nitrogens is 4. The van der Waals surface area contributed by atoms with E-state index in [0.717, 1.165) is 52.8 Å². The maximum absolute atomic E-state index is 13.3. The molecule has 1 saturated heterocycles. The van der Waals surface area contributed by atoms with E-state index in [2.05, 4.69) is 54.4 Å². The van der Waals surface area contributed by atoms with Gasteiger partial charge in [0, 0.05) is 74.7 Å². The normalized spacial score (nSPS) is 15.4. The fraction of sp³-hybridized carbons (Fsp3) is 0.233. The molecule has 9 heteroatoms. The van der Waals surface area contributed by atoms with Crippen molar-refractivity contribution in [3.63, 3.8) is 0 Å². The highest BCUT2D eigenvalue weighted by molar-refractivity contribution is 6.01. The summed E-state index contributed by atoms with van der Waals surface area (Å²) in [5.74, 6) is -0.174. The molecule has 6 rings (SSSR count). The molecule has 1 aliphatic heterocycles. The predicted molar refractivity (Wildman–Crippen MR) is 152 cm³/mol. The van der Waals surface area contributed by atoms with Crippen LogP contribution >= 0.6 is 0 Å². The number of pyridine rings is 1. The summed E-state index contributed by atoms with van der Waals surface area (Å²) in [5, 5.41) is 7.68. The molecule has 9 nitrogen and oxygen atoms in total. The van der Waals surface area contributed by atoms with E-state index in [1.807, 2.05) is 25.4 Å². The highest BCUT2D eigenvalue weighted by Crippen LogP contribution is 2.33. The van der Waals surface area contributed by atoms with Crippen LogP contribution in [0.4, 0.5) is 11.4 Å². The molecule has 2 aromatic carbocycles. The zero-order chi connectivity index (χ0) is 26.9. The summed E-state index contributed by atoms with van der Waals surface area (Å²) in [6.45, 7) is 2.82. The Morgan fingerprint density at radius 3 is 2.77 bits per heavy atom.